The second-order valence-electron chi connectivity index (χ2n) is 14.1. The van der Waals surface area contributed by atoms with Gasteiger partial charge in [0.05, 0.1) is 11.4 Å². The summed E-state index contributed by atoms with van der Waals surface area (Å²) in [6, 6.07) is 15.2. The predicted molar refractivity (Wildman–Crippen MR) is 201 cm³/mol. The van der Waals surface area contributed by atoms with Crippen LogP contribution in [0.3, 0.4) is 0 Å². The highest BCUT2D eigenvalue weighted by Gasteiger charge is 2.57. The Hall–Kier alpha value is -2.96. The minimum absolute atomic E-state index is 0.0357. The summed E-state index contributed by atoms with van der Waals surface area (Å²) in [5, 5.41) is 4.25. The lowest BCUT2D eigenvalue weighted by atomic mass is 9.34. The number of nitrogens with one attached hydrogen (secondary N) is 1. The molecule has 2 aliphatic rings. The molecular weight excluding hydrogens is 591 g/mol. The molecule has 0 saturated carbocycles. The van der Waals surface area contributed by atoms with E-state index < -0.39 is 0 Å². The number of halogens is 1. The van der Waals surface area contributed by atoms with Gasteiger partial charge in [0.15, 0.2) is 6.71 Å². The van der Waals surface area contributed by atoms with E-state index in [9.17, 15) is 0 Å². The number of anilines is 2. The van der Waals surface area contributed by atoms with Gasteiger partial charge < -0.3 is 11.1 Å². The van der Waals surface area contributed by atoms with E-state index in [0.29, 0.717) is 17.7 Å². The van der Waals surface area contributed by atoms with Crippen LogP contribution in [0.4, 0.5) is 11.4 Å². The van der Waals surface area contributed by atoms with Gasteiger partial charge in [0.25, 0.3) is 0 Å². The van der Waals surface area contributed by atoms with Crippen LogP contribution >= 0.6 is 23.4 Å². The maximum absolute atomic E-state index is 6.38. The summed E-state index contributed by atoms with van der Waals surface area (Å²) in [5.74, 6) is 1.33. The topological polar surface area (TPSA) is 63.3 Å². The fraction of sp³-hybridized carbons (Fsp3) is 0.421. The van der Waals surface area contributed by atoms with Crippen molar-refractivity contribution in [2.45, 2.75) is 80.0 Å². The van der Waals surface area contributed by atoms with Crippen molar-refractivity contribution in [2.75, 3.05) is 23.9 Å². The molecule has 2 atom stereocenters. The molecule has 1 aromatic heterocycles. The van der Waals surface area contributed by atoms with E-state index in [-0.39, 0.29) is 16.9 Å². The first-order valence-electron chi connectivity index (χ1n) is 16.1. The largest absolute Gasteiger partial charge is 0.398 e. The van der Waals surface area contributed by atoms with Gasteiger partial charge in [-0.3, -0.25) is 4.99 Å². The lowest BCUT2D eigenvalue weighted by molar-refractivity contribution is 0.156. The standard InChI is InChI=1S/C38H48BClN4S/c1-11-45-33-19-30-28(16-22(2)17-29(30)24(4)43-32-14-15-34(40)44-25(32)5)23(3)35(33)36-38(8,9)37(6,7)21-39(36)27-12-13-31(41)26(18-27)20-42-10/h12-18,20,24,36,43H,3,11,19,21,41H2,1-2,4-10H3. The SMILES string of the molecule is C=C1C(C2B(c3ccc(N)c(C=NC)c3)CC(C)(C)C2(C)C)=C(SCC)Cc2c1cc(C)cc2C(C)Nc1ccc(Cl)nc1C. The van der Waals surface area contributed by atoms with Crippen LogP contribution in [-0.2, 0) is 6.42 Å². The normalized spacial score (nSPS) is 19.7. The molecule has 1 saturated heterocycles. The summed E-state index contributed by atoms with van der Waals surface area (Å²) in [6.45, 7) is 23.8. The number of nitrogens with zero attached hydrogens (tertiary/aromatic N) is 2. The number of hydrogen-bond acceptors (Lipinski definition) is 5. The highest BCUT2D eigenvalue weighted by atomic mass is 35.5. The Morgan fingerprint density at radius 1 is 1.18 bits per heavy atom. The minimum atomic E-state index is 0.0357. The van der Waals surface area contributed by atoms with Crippen LogP contribution in [0.2, 0.25) is 17.3 Å². The van der Waals surface area contributed by atoms with Crippen LogP contribution in [0, 0.1) is 24.7 Å². The van der Waals surface area contributed by atoms with Crippen LogP contribution in [0.25, 0.3) is 5.57 Å². The summed E-state index contributed by atoms with van der Waals surface area (Å²) in [5.41, 5.74) is 19.4. The molecule has 1 fully saturated rings. The number of aliphatic imine (C=N–C) groups is 1. The number of nitrogen functional groups attached to an aromatic ring is 1. The Bertz CT molecular complexity index is 1710. The highest BCUT2D eigenvalue weighted by Crippen LogP contribution is 2.64. The molecule has 236 valence electrons. The van der Waals surface area contributed by atoms with E-state index in [2.05, 4.69) is 94.1 Å². The third kappa shape index (κ3) is 6.13. The number of pyridine rings is 1. The summed E-state index contributed by atoms with van der Waals surface area (Å²) in [7, 11) is 1.80. The first-order chi connectivity index (χ1) is 21.2. The third-order valence-corrected chi connectivity index (χ3v) is 11.9. The van der Waals surface area contributed by atoms with Gasteiger partial charge in [-0.05, 0) is 94.1 Å². The molecule has 1 aliphatic carbocycles. The number of benzene rings is 2. The smallest absolute Gasteiger partial charge is 0.184 e. The predicted octanol–water partition coefficient (Wildman–Crippen LogP) is 9.57. The van der Waals surface area contributed by atoms with Crippen molar-refractivity contribution in [3.05, 3.63) is 98.2 Å². The van der Waals surface area contributed by atoms with Crippen LogP contribution in [-0.4, -0.2) is 30.7 Å². The Labute approximate surface area is 280 Å². The number of rotatable bonds is 8. The van der Waals surface area contributed by atoms with Gasteiger partial charge in [0, 0.05) is 37.0 Å². The Morgan fingerprint density at radius 3 is 2.58 bits per heavy atom. The Balaban J connectivity index is 1.64. The highest BCUT2D eigenvalue weighted by molar-refractivity contribution is 8.03. The molecule has 4 nitrogen and oxygen atoms in total. The first-order valence-corrected chi connectivity index (χ1v) is 17.5. The van der Waals surface area contributed by atoms with Crippen molar-refractivity contribution in [1.29, 1.82) is 0 Å². The zero-order chi connectivity index (χ0) is 32.8. The lowest BCUT2D eigenvalue weighted by Gasteiger charge is -2.43. The van der Waals surface area contributed by atoms with Crippen molar-refractivity contribution in [2.24, 2.45) is 15.8 Å². The van der Waals surface area contributed by atoms with Crippen LogP contribution in [0.5, 0.6) is 0 Å². The number of aromatic nitrogens is 1. The molecule has 0 spiro atoms. The first kappa shape index (κ1) is 33.4. The molecular formula is C38H48BClN4S. The fourth-order valence-corrected chi connectivity index (χ4v) is 8.92. The molecule has 45 heavy (non-hydrogen) atoms. The Morgan fingerprint density at radius 2 is 1.91 bits per heavy atom. The molecule has 3 aromatic rings. The van der Waals surface area contributed by atoms with Crippen LogP contribution in [0.15, 0.2) is 64.5 Å². The van der Waals surface area contributed by atoms with Gasteiger partial charge in [-0.25, -0.2) is 4.98 Å². The molecule has 3 N–H and O–H groups in total. The maximum Gasteiger partial charge on any atom is 0.184 e. The van der Waals surface area contributed by atoms with E-state index in [1.165, 1.54) is 43.8 Å². The summed E-state index contributed by atoms with van der Waals surface area (Å²) in [6.07, 6.45) is 3.89. The molecule has 1 aliphatic heterocycles. The lowest BCUT2D eigenvalue weighted by Crippen LogP contribution is -2.37. The molecule has 2 aromatic carbocycles. The average Bonchev–Trinajstić information content (AvgIpc) is 3.15. The molecule has 5 rings (SSSR count). The average molecular weight is 639 g/mol. The number of thioether (sulfide) groups is 1. The van der Waals surface area contributed by atoms with Crippen molar-refractivity contribution in [1.82, 2.24) is 4.98 Å². The van der Waals surface area contributed by atoms with Crippen LogP contribution in [0.1, 0.15) is 81.1 Å². The molecule has 0 bridgehead atoms. The summed E-state index contributed by atoms with van der Waals surface area (Å²) >= 11 is 8.16. The third-order valence-electron chi connectivity index (χ3n) is 10.7. The molecule has 2 unspecified atom stereocenters. The number of fused-ring (bicyclic) bond motifs is 1. The van der Waals surface area contributed by atoms with E-state index in [4.69, 9.17) is 23.9 Å². The Kier molecular flexibility index (Phi) is 9.41. The van der Waals surface area contributed by atoms with Gasteiger partial charge >= 0.3 is 0 Å². The summed E-state index contributed by atoms with van der Waals surface area (Å²) < 4.78 is 0. The van der Waals surface area contributed by atoms with Crippen molar-refractivity contribution < 1.29 is 0 Å². The molecule has 2 heterocycles. The number of aryl methyl sites for hydroxylation is 2. The molecule has 0 amide bonds. The van der Waals surface area contributed by atoms with Gasteiger partial charge in [0.2, 0.25) is 0 Å². The van der Waals surface area contributed by atoms with Gasteiger partial charge in [-0.1, -0.05) is 94.4 Å². The van der Waals surface area contributed by atoms with Gasteiger partial charge in [0.1, 0.15) is 5.15 Å². The van der Waals surface area contributed by atoms with Crippen molar-refractivity contribution >= 4 is 58.7 Å². The number of nitrogens with two attached hydrogens (primary N) is 1. The number of hydrogen-bond donors (Lipinski definition) is 2. The maximum atomic E-state index is 6.38. The van der Waals surface area contributed by atoms with E-state index in [1.54, 1.807) is 7.05 Å². The van der Waals surface area contributed by atoms with Crippen molar-refractivity contribution in [3.8, 4) is 0 Å². The zero-order valence-electron chi connectivity index (χ0n) is 28.4. The second-order valence-corrected chi connectivity index (χ2v) is 15.9. The second kappa shape index (κ2) is 12.7. The minimum Gasteiger partial charge on any atom is -0.398 e. The fourth-order valence-electron chi connectivity index (χ4n) is 7.73. The number of allylic oxidation sites excluding steroid dienone is 3. The van der Waals surface area contributed by atoms with Gasteiger partial charge in [-0.15, -0.1) is 11.8 Å². The zero-order valence-corrected chi connectivity index (χ0v) is 30.0. The van der Waals surface area contributed by atoms with E-state index >= 15 is 0 Å². The van der Waals surface area contributed by atoms with E-state index in [0.717, 1.165) is 41.1 Å². The molecule has 7 heteroatoms. The molecule has 0 radical (unpaired) electrons. The quantitative estimate of drug-likeness (QED) is 0.112. The van der Waals surface area contributed by atoms with Crippen molar-refractivity contribution in [3.63, 3.8) is 0 Å². The monoisotopic (exact) mass is 638 g/mol. The van der Waals surface area contributed by atoms with Crippen LogP contribution < -0.4 is 16.5 Å². The van der Waals surface area contributed by atoms with E-state index in [1.807, 2.05) is 37.0 Å². The summed E-state index contributed by atoms with van der Waals surface area (Å²) in [4.78, 5) is 10.2. The van der Waals surface area contributed by atoms with Gasteiger partial charge in [-0.2, -0.15) is 0 Å².